The number of imide groups is 1. The van der Waals surface area contributed by atoms with Crippen LogP contribution in [0.2, 0.25) is 0 Å². The van der Waals surface area contributed by atoms with Crippen LogP contribution >= 0.6 is 0 Å². The van der Waals surface area contributed by atoms with Crippen molar-refractivity contribution in [2.45, 2.75) is 27.7 Å². The smallest absolute Gasteiger partial charge is 0.282 e. The third-order valence-corrected chi connectivity index (χ3v) is 6.06. The van der Waals surface area contributed by atoms with Gasteiger partial charge < -0.3 is 10.1 Å². The predicted octanol–water partition coefficient (Wildman–Crippen LogP) is 5.33. The maximum atomic E-state index is 13.6. The minimum Gasteiger partial charge on any atom is -0.497 e. The van der Waals surface area contributed by atoms with Crippen molar-refractivity contribution in [3.8, 4) is 5.75 Å². The Morgan fingerprint density at radius 1 is 0.781 bits per heavy atom. The van der Waals surface area contributed by atoms with Crippen molar-refractivity contribution in [2.24, 2.45) is 0 Å². The molecule has 3 aromatic carbocycles. The SMILES string of the molecule is COc1ccc(C2=C(Nc3ccc(C)c(C)c3)C(=O)N(c3cccc(C)c3C)C2=O)cc1. The Balaban J connectivity index is 1.85. The largest absolute Gasteiger partial charge is 0.497 e. The van der Waals surface area contributed by atoms with Crippen LogP contribution in [0.3, 0.4) is 0 Å². The van der Waals surface area contributed by atoms with Crippen LogP contribution in [0.1, 0.15) is 27.8 Å². The lowest BCUT2D eigenvalue weighted by Crippen LogP contribution is -2.33. The molecule has 2 amide bonds. The van der Waals surface area contributed by atoms with Crippen molar-refractivity contribution < 1.29 is 14.3 Å². The summed E-state index contributed by atoms with van der Waals surface area (Å²) in [5.41, 5.74) is 6.81. The van der Waals surface area contributed by atoms with Gasteiger partial charge in [-0.05, 0) is 85.8 Å². The summed E-state index contributed by atoms with van der Waals surface area (Å²) in [6, 6.07) is 18.7. The molecule has 5 heteroatoms. The quantitative estimate of drug-likeness (QED) is 0.561. The van der Waals surface area contributed by atoms with Gasteiger partial charge in [0.05, 0.1) is 18.4 Å². The van der Waals surface area contributed by atoms with Gasteiger partial charge >= 0.3 is 0 Å². The van der Waals surface area contributed by atoms with Crippen LogP contribution in [0, 0.1) is 27.7 Å². The molecule has 0 spiro atoms. The van der Waals surface area contributed by atoms with Crippen molar-refractivity contribution >= 4 is 28.8 Å². The fourth-order valence-corrected chi connectivity index (χ4v) is 3.83. The summed E-state index contributed by atoms with van der Waals surface area (Å²) in [5.74, 6) is -0.0332. The van der Waals surface area contributed by atoms with Crippen LogP contribution in [0.5, 0.6) is 5.75 Å². The van der Waals surface area contributed by atoms with Crippen LogP contribution in [-0.4, -0.2) is 18.9 Å². The molecule has 0 aromatic heterocycles. The third kappa shape index (κ3) is 3.66. The molecule has 0 unspecified atom stereocenters. The lowest BCUT2D eigenvalue weighted by atomic mass is 10.0. The van der Waals surface area contributed by atoms with Crippen LogP contribution in [0.25, 0.3) is 5.57 Å². The summed E-state index contributed by atoms with van der Waals surface area (Å²) in [7, 11) is 1.59. The van der Waals surface area contributed by atoms with E-state index < -0.39 is 0 Å². The normalized spacial score (nSPS) is 13.7. The standard InChI is InChI=1S/C27H26N2O3/c1-16-9-12-21(15-18(16)3)28-25-24(20-10-13-22(32-5)14-11-20)26(30)29(27(25)31)23-8-6-7-17(2)19(23)4/h6-15,28H,1-5H3. The second-order valence-corrected chi connectivity index (χ2v) is 8.07. The zero-order valence-corrected chi connectivity index (χ0v) is 18.9. The first kappa shape index (κ1) is 21.4. The Kier molecular flexibility index (Phi) is 5.57. The molecule has 1 N–H and O–H groups in total. The topological polar surface area (TPSA) is 58.6 Å². The van der Waals surface area contributed by atoms with Gasteiger partial charge in [0.2, 0.25) is 0 Å². The molecule has 0 radical (unpaired) electrons. The molecule has 0 saturated heterocycles. The van der Waals surface area contributed by atoms with Gasteiger partial charge in [0.25, 0.3) is 11.8 Å². The van der Waals surface area contributed by atoms with E-state index >= 15 is 0 Å². The highest BCUT2D eigenvalue weighted by Gasteiger charge is 2.41. The number of rotatable bonds is 5. The molecule has 0 aliphatic carbocycles. The lowest BCUT2D eigenvalue weighted by Gasteiger charge is -2.19. The van der Waals surface area contributed by atoms with Crippen LogP contribution in [0.4, 0.5) is 11.4 Å². The first-order chi connectivity index (χ1) is 15.3. The average molecular weight is 427 g/mol. The fraction of sp³-hybridized carbons (Fsp3) is 0.185. The number of carbonyl (C=O) groups is 2. The Labute approximate surface area is 188 Å². The van der Waals surface area contributed by atoms with Crippen LogP contribution in [-0.2, 0) is 9.59 Å². The molecule has 0 bridgehead atoms. The third-order valence-electron chi connectivity index (χ3n) is 6.06. The Bertz CT molecular complexity index is 1260. The maximum absolute atomic E-state index is 13.6. The number of hydrogen-bond donors (Lipinski definition) is 1. The van der Waals surface area contributed by atoms with Gasteiger partial charge in [-0.15, -0.1) is 0 Å². The van der Waals surface area contributed by atoms with Crippen molar-refractivity contribution in [1.82, 2.24) is 0 Å². The van der Waals surface area contributed by atoms with E-state index in [2.05, 4.69) is 5.32 Å². The average Bonchev–Trinajstić information content (AvgIpc) is 3.02. The van der Waals surface area contributed by atoms with Crippen molar-refractivity contribution in [1.29, 1.82) is 0 Å². The Morgan fingerprint density at radius 2 is 1.50 bits per heavy atom. The minimum absolute atomic E-state index is 0.268. The summed E-state index contributed by atoms with van der Waals surface area (Å²) >= 11 is 0. The molecular weight excluding hydrogens is 400 g/mol. The van der Waals surface area contributed by atoms with E-state index in [0.717, 1.165) is 27.9 Å². The summed E-state index contributed by atoms with van der Waals surface area (Å²) < 4.78 is 5.25. The summed E-state index contributed by atoms with van der Waals surface area (Å²) in [6.07, 6.45) is 0. The van der Waals surface area contributed by atoms with E-state index in [9.17, 15) is 9.59 Å². The van der Waals surface area contributed by atoms with Gasteiger partial charge in [0.1, 0.15) is 11.4 Å². The van der Waals surface area contributed by atoms with Gasteiger partial charge in [-0.3, -0.25) is 9.59 Å². The summed E-state index contributed by atoms with van der Waals surface area (Å²) in [4.78, 5) is 28.5. The number of hydrogen-bond acceptors (Lipinski definition) is 4. The van der Waals surface area contributed by atoms with Crippen molar-refractivity contribution in [3.63, 3.8) is 0 Å². The molecule has 0 fully saturated rings. The number of aryl methyl sites for hydroxylation is 3. The predicted molar refractivity (Wildman–Crippen MR) is 128 cm³/mol. The number of benzene rings is 3. The van der Waals surface area contributed by atoms with Gasteiger partial charge in [-0.2, -0.15) is 0 Å². The maximum Gasteiger partial charge on any atom is 0.282 e. The molecule has 5 nitrogen and oxygen atoms in total. The first-order valence-electron chi connectivity index (χ1n) is 10.5. The molecule has 162 valence electrons. The molecule has 32 heavy (non-hydrogen) atoms. The number of methoxy groups -OCH3 is 1. The van der Waals surface area contributed by atoms with E-state index in [4.69, 9.17) is 4.74 Å². The van der Waals surface area contributed by atoms with Gasteiger partial charge in [-0.25, -0.2) is 4.90 Å². The van der Waals surface area contributed by atoms with E-state index in [1.54, 1.807) is 31.4 Å². The number of ether oxygens (including phenoxy) is 1. The number of amides is 2. The minimum atomic E-state index is -0.368. The van der Waals surface area contributed by atoms with E-state index in [1.807, 2.05) is 64.1 Å². The molecular formula is C27H26N2O3. The highest BCUT2D eigenvalue weighted by Crippen LogP contribution is 2.36. The second-order valence-electron chi connectivity index (χ2n) is 8.07. The molecule has 1 aliphatic heterocycles. The van der Waals surface area contributed by atoms with Gasteiger partial charge in [-0.1, -0.05) is 30.3 Å². The monoisotopic (exact) mass is 426 g/mol. The molecule has 0 saturated carbocycles. The highest BCUT2D eigenvalue weighted by molar-refractivity contribution is 6.46. The van der Waals surface area contributed by atoms with Crippen molar-refractivity contribution in [2.75, 3.05) is 17.3 Å². The fourth-order valence-electron chi connectivity index (χ4n) is 3.83. The van der Waals surface area contributed by atoms with Gasteiger partial charge in [0.15, 0.2) is 0 Å². The number of nitrogens with zero attached hydrogens (tertiary/aromatic N) is 1. The zero-order chi connectivity index (χ0) is 23.0. The van der Waals surface area contributed by atoms with E-state index in [1.165, 1.54) is 4.90 Å². The summed E-state index contributed by atoms with van der Waals surface area (Å²) in [5, 5.41) is 3.24. The van der Waals surface area contributed by atoms with E-state index in [-0.39, 0.29) is 17.5 Å². The molecule has 0 atom stereocenters. The molecule has 1 heterocycles. The Morgan fingerprint density at radius 3 is 2.16 bits per heavy atom. The second kappa shape index (κ2) is 8.35. The highest BCUT2D eigenvalue weighted by atomic mass is 16.5. The number of anilines is 2. The van der Waals surface area contributed by atoms with Crippen LogP contribution < -0.4 is 15.0 Å². The summed E-state index contributed by atoms with van der Waals surface area (Å²) in [6.45, 7) is 7.94. The number of carbonyl (C=O) groups excluding carboxylic acids is 2. The lowest BCUT2D eigenvalue weighted by molar-refractivity contribution is -0.120. The zero-order valence-electron chi connectivity index (χ0n) is 18.9. The Hall–Kier alpha value is -3.86. The van der Waals surface area contributed by atoms with E-state index in [0.29, 0.717) is 22.6 Å². The first-order valence-corrected chi connectivity index (χ1v) is 10.5. The number of nitrogens with one attached hydrogen (secondary N) is 1. The van der Waals surface area contributed by atoms with Gasteiger partial charge in [0, 0.05) is 5.69 Å². The molecule has 1 aliphatic rings. The van der Waals surface area contributed by atoms with Crippen LogP contribution in [0.15, 0.2) is 66.4 Å². The molecule has 3 aromatic rings. The van der Waals surface area contributed by atoms with Crippen molar-refractivity contribution in [3.05, 3.63) is 94.2 Å². The molecule has 4 rings (SSSR count).